The second kappa shape index (κ2) is 5.32. The first-order chi connectivity index (χ1) is 7.19. The summed E-state index contributed by atoms with van der Waals surface area (Å²) < 4.78 is 0. The van der Waals surface area contributed by atoms with Gasteiger partial charge in [-0.15, -0.1) is 0 Å². The molecule has 4 heteroatoms. The van der Waals surface area contributed by atoms with Gasteiger partial charge in [-0.1, -0.05) is 0 Å². The van der Waals surface area contributed by atoms with Crippen molar-refractivity contribution >= 4 is 5.69 Å². The third kappa shape index (κ3) is 2.93. The fourth-order valence-corrected chi connectivity index (χ4v) is 1.41. The Kier molecular flexibility index (Phi) is 4.07. The molecule has 0 spiro atoms. The Morgan fingerprint density at radius 1 is 1.53 bits per heavy atom. The van der Waals surface area contributed by atoms with E-state index in [1.165, 1.54) is 0 Å². The fraction of sp³-hybridized carbons (Fsp3) is 0.455. The van der Waals surface area contributed by atoms with Gasteiger partial charge in [0.1, 0.15) is 6.07 Å². The topological polar surface area (TPSA) is 68.9 Å². The lowest BCUT2D eigenvalue weighted by Crippen LogP contribution is -2.07. The number of hydrogen-bond donors (Lipinski definition) is 2. The number of aliphatic hydroxyl groups is 1. The van der Waals surface area contributed by atoms with Crippen molar-refractivity contribution in [3.8, 4) is 6.07 Å². The van der Waals surface area contributed by atoms with E-state index in [-0.39, 0.29) is 6.61 Å². The van der Waals surface area contributed by atoms with Crippen molar-refractivity contribution in [3.05, 3.63) is 23.0 Å². The first-order valence-corrected chi connectivity index (χ1v) is 4.92. The Bertz CT molecular complexity index is 382. The fourth-order valence-electron chi connectivity index (χ4n) is 1.41. The van der Waals surface area contributed by atoms with Gasteiger partial charge in [-0.3, -0.25) is 4.98 Å². The predicted molar refractivity (Wildman–Crippen MR) is 58.6 cm³/mol. The number of aliphatic hydroxyl groups excluding tert-OH is 1. The third-order valence-corrected chi connectivity index (χ3v) is 2.09. The number of nitrogens with zero attached hydrogens (tertiary/aromatic N) is 2. The van der Waals surface area contributed by atoms with Gasteiger partial charge in [-0.05, 0) is 26.3 Å². The van der Waals surface area contributed by atoms with Crippen LogP contribution in [-0.4, -0.2) is 23.2 Å². The maximum Gasteiger partial charge on any atom is 0.103 e. The molecule has 1 rings (SSSR count). The molecule has 0 saturated heterocycles. The van der Waals surface area contributed by atoms with Crippen LogP contribution in [-0.2, 0) is 0 Å². The second-order valence-corrected chi connectivity index (χ2v) is 3.39. The first-order valence-electron chi connectivity index (χ1n) is 4.92. The summed E-state index contributed by atoms with van der Waals surface area (Å²) >= 11 is 0. The molecule has 2 N–H and O–H groups in total. The van der Waals surface area contributed by atoms with Gasteiger partial charge in [0.05, 0.1) is 16.9 Å². The number of anilines is 1. The van der Waals surface area contributed by atoms with E-state index in [2.05, 4.69) is 16.4 Å². The molecule has 0 bridgehead atoms. The van der Waals surface area contributed by atoms with Gasteiger partial charge in [0.15, 0.2) is 0 Å². The van der Waals surface area contributed by atoms with Crippen molar-refractivity contribution in [2.75, 3.05) is 18.5 Å². The van der Waals surface area contributed by atoms with Gasteiger partial charge >= 0.3 is 0 Å². The van der Waals surface area contributed by atoms with Crippen molar-refractivity contribution in [2.24, 2.45) is 0 Å². The zero-order valence-electron chi connectivity index (χ0n) is 9.04. The average Bonchev–Trinajstić information content (AvgIpc) is 2.17. The van der Waals surface area contributed by atoms with Crippen molar-refractivity contribution in [3.63, 3.8) is 0 Å². The van der Waals surface area contributed by atoms with Crippen LogP contribution in [0.3, 0.4) is 0 Å². The van der Waals surface area contributed by atoms with Gasteiger partial charge in [0.25, 0.3) is 0 Å². The van der Waals surface area contributed by atoms with Gasteiger partial charge < -0.3 is 10.4 Å². The van der Waals surface area contributed by atoms with Crippen LogP contribution < -0.4 is 5.32 Å². The van der Waals surface area contributed by atoms with Gasteiger partial charge in [0, 0.05) is 18.8 Å². The standard InChI is InChI=1S/C11H15N3O/c1-8-6-11(13-4-3-5-15)10(7-12)9(2)14-8/h6,15H,3-5H2,1-2H3,(H,13,14). The minimum absolute atomic E-state index is 0.151. The molecule has 15 heavy (non-hydrogen) atoms. The number of aromatic nitrogens is 1. The molecular weight excluding hydrogens is 190 g/mol. The molecule has 4 nitrogen and oxygen atoms in total. The van der Waals surface area contributed by atoms with E-state index in [1.807, 2.05) is 19.9 Å². The van der Waals surface area contributed by atoms with Crippen LogP contribution in [0.1, 0.15) is 23.4 Å². The third-order valence-electron chi connectivity index (χ3n) is 2.09. The molecule has 0 atom stereocenters. The largest absolute Gasteiger partial charge is 0.396 e. The van der Waals surface area contributed by atoms with E-state index >= 15 is 0 Å². The lowest BCUT2D eigenvalue weighted by Gasteiger charge is -2.09. The van der Waals surface area contributed by atoms with E-state index in [1.54, 1.807) is 0 Å². The molecule has 1 heterocycles. The lowest BCUT2D eigenvalue weighted by atomic mass is 10.1. The van der Waals surface area contributed by atoms with Crippen LogP contribution in [0.4, 0.5) is 5.69 Å². The maximum atomic E-state index is 8.97. The number of hydrogen-bond acceptors (Lipinski definition) is 4. The van der Waals surface area contributed by atoms with Crippen LogP contribution in [0.25, 0.3) is 0 Å². The van der Waals surface area contributed by atoms with E-state index in [0.29, 0.717) is 18.5 Å². The quantitative estimate of drug-likeness (QED) is 0.728. The zero-order valence-corrected chi connectivity index (χ0v) is 9.04. The molecule has 0 unspecified atom stereocenters. The molecule has 80 valence electrons. The van der Waals surface area contributed by atoms with Crippen LogP contribution >= 0.6 is 0 Å². The summed E-state index contributed by atoms with van der Waals surface area (Å²) in [6.45, 7) is 4.53. The molecule has 0 aliphatic heterocycles. The number of nitriles is 1. The van der Waals surface area contributed by atoms with Crippen molar-refractivity contribution in [1.82, 2.24) is 4.98 Å². The molecule has 0 radical (unpaired) electrons. The predicted octanol–water partition coefficient (Wildman–Crippen LogP) is 1.36. The Hall–Kier alpha value is -1.60. The Morgan fingerprint density at radius 3 is 2.87 bits per heavy atom. The Balaban J connectivity index is 2.90. The molecule has 0 aliphatic carbocycles. The molecule has 0 saturated carbocycles. The summed E-state index contributed by atoms with van der Waals surface area (Å²) in [6.07, 6.45) is 0.672. The number of pyridine rings is 1. The Labute approximate surface area is 89.6 Å². The molecule has 1 aromatic rings. The monoisotopic (exact) mass is 205 g/mol. The maximum absolute atomic E-state index is 8.97. The normalized spacial score (nSPS) is 9.73. The molecule has 0 fully saturated rings. The SMILES string of the molecule is Cc1cc(NCCCO)c(C#N)c(C)n1. The number of rotatable bonds is 4. The number of aryl methyl sites for hydroxylation is 2. The van der Waals surface area contributed by atoms with Crippen molar-refractivity contribution in [2.45, 2.75) is 20.3 Å². The highest BCUT2D eigenvalue weighted by Gasteiger charge is 2.06. The summed E-state index contributed by atoms with van der Waals surface area (Å²) in [7, 11) is 0. The highest BCUT2D eigenvalue weighted by Crippen LogP contribution is 2.18. The molecule has 0 aliphatic rings. The number of nitrogens with one attached hydrogen (secondary N) is 1. The molecular formula is C11H15N3O. The van der Waals surface area contributed by atoms with Crippen LogP contribution in [0.2, 0.25) is 0 Å². The van der Waals surface area contributed by atoms with Gasteiger partial charge in [-0.25, -0.2) is 0 Å². The summed E-state index contributed by atoms with van der Waals surface area (Å²) in [5.41, 5.74) is 3.01. The first kappa shape index (κ1) is 11.5. The zero-order chi connectivity index (χ0) is 11.3. The highest BCUT2D eigenvalue weighted by atomic mass is 16.3. The van der Waals surface area contributed by atoms with Crippen LogP contribution in [0.15, 0.2) is 6.07 Å². The van der Waals surface area contributed by atoms with Gasteiger partial charge in [0.2, 0.25) is 0 Å². The second-order valence-electron chi connectivity index (χ2n) is 3.39. The molecule has 1 aromatic heterocycles. The van der Waals surface area contributed by atoms with E-state index in [0.717, 1.165) is 17.1 Å². The van der Waals surface area contributed by atoms with Crippen molar-refractivity contribution < 1.29 is 5.11 Å². The average molecular weight is 205 g/mol. The summed E-state index contributed by atoms with van der Waals surface area (Å²) in [6, 6.07) is 3.98. The molecule has 0 amide bonds. The van der Waals surface area contributed by atoms with E-state index < -0.39 is 0 Å². The summed E-state index contributed by atoms with van der Waals surface area (Å²) in [5, 5.41) is 20.8. The summed E-state index contributed by atoms with van der Waals surface area (Å²) in [5.74, 6) is 0. The minimum atomic E-state index is 0.151. The minimum Gasteiger partial charge on any atom is -0.396 e. The van der Waals surface area contributed by atoms with Crippen LogP contribution in [0.5, 0.6) is 0 Å². The Morgan fingerprint density at radius 2 is 2.27 bits per heavy atom. The molecule has 0 aromatic carbocycles. The highest BCUT2D eigenvalue weighted by molar-refractivity contribution is 5.59. The van der Waals surface area contributed by atoms with Crippen LogP contribution in [0, 0.1) is 25.2 Å². The van der Waals surface area contributed by atoms with E-state index in [9.17, 15) is 0 Å². The van der Waals surface area contributed by atoms with Crippen molar-refractivity contribution in [1.29, 1.82) is 5.26 Å². The van der Waals surface area contributed by atoms with Gasteiger partial charge in [-0.2, -0.15) is 5.26 Å². The summed E-state index contributed by atoms with van der Waals surface area (Å²) in [4.78, 5) is 4.22. The smallest absolute Gasteiger partial charge is 0.103 e. The lowest BCUT2D eigenvalue weighted by molar-refractivity contribution is 0.292. The van der Waals surface area contributed by atoms with E-state index in [4.69, 9.17) is 10.4 Å².